The van der Waals surface area contributed by atoms with E-state index in [1.165, 1.54) is 25.9 Å². The van der Waals surface area contributed by atoms with Crippen LogP contribution in [-0.2, 0) is 0 Å². The van der Waals surface area contributed by atoms with E-state index in [1.54, 1.807) is 6.20 Å². The summed E-state index contributed by atoms with van der Waals surface area (Å²) in [7, 11) is 0. The number of aromatic nitrogens is 2. The van der Waals surface area contributed by atoms with E-state index in [-0.39, 0.29) is 5.91 Å². The number of pyridine rings is 1. The third kappa shape index (κ3) is 3.42. The quantitative estimate of drug-likeness (QED) is 0.854. The second kappa shape index (κ2) is 6.26. The van der Waals surface area contributed by atoms with Gasteiger partial charge in [-0.3, -0.25) is 4.79 Å². The summed E-state index contributed by atoms with van der Waals surface area (Å²) in [6.07, 6.45) is 7.39. The van der Waals surface area contributed by atoms with Crippen molar-refractivity contribution in [1.82, 2.24) is 19.6 Å². The minimum Gasteiger partial charge on any atom is -0.351 e. The van der Waals surface area contributed by atoms with Crippen LogP contribution in [0.5, 0.6) is 0 Å². The normalized spacial score (nSPS) is 15.7. The van der Waals surface area contributed by atoms with Gasteiger partial charge in [-0.1, -0.05) is 6.07 Å². The molecule has 112 valence electrons. The van der Waals surface area contributed by atoms with Crippen LogP contribution in [0.1, 0.15) is 35.3 Å². The van der Waals surface area contributed by atoms with Crippen LogP contribution in [-0.4, -0.2) is 46.4 Å². The molecule has 1 fully saturated rings. The highest BCUT2D eigenvalue weighted by molar-refractivity contribution is 5.92. The van der Waals surface area contributed by atoms with Gasteiger partial charge < -0.3 is 14.6 Å². The van der Waals surface area contributed by atoms with Gasteiger partial charge in [0.25, 0.3) is 5.91 Å². The minimum absolute atomic E-state index is 0.0854. The average Bonchev–Trinajstić information content (AvgIpc) is 3.11. The largest absolute Gasteiger partial charge is 0.351 e. The topological polar surface area (TPSA) is 49.6 Å². The molecule has 0 unspecified atom stereocenters. The van der Waals surface area contributed by atoms with Crippen LogP contribution in [0, 0.1) is 6.92 Å². The van der Waals surface area contributed by atoms with Crippen LogP contribution >= 0.6 is 0 Å². The Kier molecular flexibility index (Phi) is 4.20. The average molecular weight is 286 g/mol. The molecule has 21 heavy (non-hydrogen) atoms. The molecule has 0 saturated carbocycles. The fraction of sp³-hybridized carbons (Fsp3) is 0.500. The van der Waals surface area contributed by atoms with Crippen LogP contribution < -0.4 is 5.32 Å². The lowest BCUT2D eigenvalue weighted by Crippen LogP contribution is -2.28. The van der Waals surface area contributed by atoms with E-state index in [0.717, 1.165) is 24.2 Å². The highest BCUT2D eigenvalue weighted by Crippen LogP contribution is 2.08. The Bertz CT molecular complexity index is 628. The van der Waals surface area contributed by atoms with Crippen molar-refractivity contribution in [3.8, 4) is 0 Å². The van der Waals surface area contributed by atoms with E-state index in [4.69, 9.17) is 0 Å². The first-order chi connectivity index (χ1) is 10.2. The summed E-state index contributed by atoms with van der Waals surface area (Å²) >= 11 is 0. The molecule has 0 radical (unpaired) electrons. The maximum Gasteiger partial charge on any atom is 0.271 e. The van der Waals surface area contributed by atoms with Crippen molar-refractivity contribution in [2.45, 2.75) is 26.2 Å². The molecule has 3 rings (SSSR count). The third-order valence-electron chi connectivity index (χ3n) is 3.97. The van der Waals surface area contributed by atoms with E-state index < -0.39 is 0 Å². The number of fused-ring (bicyclic) bond motifs is 1. The third-order valence-corrected chi connectivity index (χ3v) is 3.97. The van der Waals surface area contributed by atoms with Crippen molar-refractivity contribution in [2.24, 2.45) is 0 Å². The molecule has 0 atom stereocenters. The molecule has 0 aliphatic carbocycles. The summed E-state index contributed by atoms with van der Waals surface area (Å²) in [5.41, 5.74) is 2.45. The van der Waals surface area contributed by atoms with Crippen LogP contribution in [0.25, 0.3) is 5.65 Å². The predicted octanol–water partition coefficient (Wildman–Crippen LogP) is 1.86. The van der Waals surface area contributed by atoms with Crippen LogP contribution in [0.4, 0.5) is 0 Å². The number of nitrogens with zero attached hydrogens (tertiary/aromatic N) is 3. The lowest BCUT2D eigenvalue weighted by Gasteiger charge is -2.13. The highest BCUT2D eigenvalue weighted by atomic mass is 16.1. The van der Waals surface area contributed by atoms with Gasteiger partial charge in [0.1, 0.15) is 11.3 Å². The van der Waals surface area contributed by atoms with Crippen molar-refractivity contribution in [2.75, 3.05) is 26.2 Å². The van der Waals surface area contributed by atoms with Crippen LogP contribution in [0.2, 0.25) is 0 Å². The van der Waals surface area contributed by atoms with Crippen molar-refractivity contribution in [3.63, 3.8) is 0 Å². The molecule has 1 amide bonds. The fourth-order valence-corrected chi connectivity index (χ4v) is 2.81. The summed E-state index contributed by atoms with van der Waals surface area (Å²) in [6.45, 7) is 6.23. The maximum absolute atomic E-state index is 12.1. The Morgan fingerprint density at radius 3 is 2.90 bits per heavy atom. The van der Waals surface area contributed by atoms with E-state index in [0.29, 0.717) is 12.2 Å². The summed E-state index contributed by atoms with van der Waals surface area (Å²) in [5, 5.41) is 2.96. The number of imidazole rings is 1. The summed E-state index contributed by atoms with van der Waals surface area (Å²) < 4.78 is 1.90. The number of amides is 1. The molecule has 0 aromatic carbocycles. The van der Waals surface area contributed by atoms with E-state index >= 15 is 0 Å². The maximum atomic E-state index is 12.1. The zero-order valence-corrected chi connectivity index (χ0v) is 12.5. The number of hydrogen-bond donors (Lipinski definition) is 1. The predicted molar refractivity (Wildman–Crippen MR) is 82.6 cm³/mol. The van der Waals surface area contributed by atoms with Crippen LogP contribution in [0.3, 0.4) is 0 Å². The summed E-state index contributed by atoms with van der Waals surface area (Å²) in [5.74, 6) is -0.0854. The molecule has 0 bridgehead atoms. The molecule has 2 aromatic heterocycles. The van der Waals surface area contributed by atoms with Gasteiger partial charge >= 0.3 is 0 Å². The van der Waals surface area contributed by atoms with E-state index in [2.05, 4.69) is 15.2 Å². The first-order valence-electron chi connectivity index (χ1n) is 7.68. The number of carbonyl (C=O) groups is 1. The zero-order chi connectivity index (χ0) is 14.7. The molecule has 3 heterocycles. The number of aryl methyl sites for hydroxylation is 1. The SMILES string of the molecule is Cc1ccc2nc(C(=O)NCCCN3CCCC3)cn2c1. The number of carbonyl (C=O) groups excluding carboxylic acids is 1. The molecule has 0 spiro atoms. The van der Waals surface area contributed by atoms with Gasteiger partial charge in [-0.2, -0.15) is 0 Å². The molecule has 1 N–H and O–H groups in total. The first kappa shape index (κ1) is 14.1. The van der Waals surface area contributed by atoms with Gasteiger partial charge in [-0.05, 0) is 57.5 Å². The Hall–Kier alpha value is -1.88. The molecule has 2 aromatic rings. The number of nitrogens with one attached hydrogen (secondary N) is 1. The summed E-state index contributed by atoms with van der Waals surface area (Å²) in [4.78, 5) is 18.9. The Morgan fingerprint density at radius 2 is 2.10 bits per heavy atom. The molecule has 5 nitrogen and oxygen atoms in total. The number of hydrogen-bond acceptors (Lipinski definition) is 3. The van der Waals surface area contributed by atoms with Gasteiger partial charge in [0.05, 0.1) is 0 Å². The standard InChI is InChI=1S/C16H22N4O/c1-13-5-6-15-18-14(12-20(15)11-13)16(21)17-7-4-10-19-8-2-3-9-19/h5-6,11-12H,2-4,7-10H2,1H3,(H,17,21). The molecular weight excluding hydrogens is 264 g/mol. The second-order valence-corrected chi connectivity index (χ2v) is 5.76. The zero-order valence-electron chi connectivity index (χ0n) is 12.5. The van der Waals surface area contributed by atoms with E-state index in [9.17, 15) is 4.79 Å². The molecule has 1 saturated heterocycles. The van der Waals surface area contributed by atoms with Gasteiger partial charge in [0.15, 0.2) is 0 Å². The Morgan fingerprint density at radius 1 is 1.29 bits per heavy atom. The minimum atomic E-state index is -0.0854. The molecule has 1 aliphatic heterocycles. The van der Waals surface area contributed by atoms with Gasteiger partial charge in [0.2, 0.25) is 0 Å². The first-order valence-corrected chi connectivity index (χ1v) is 7.68. The van der Waals surface area contributed by atoms with Gasteiger partial charge in [-0.25, -0.2) is 4.98 Å². The van der Waals surface area contributed by atoms with Crippen molar-refractivity contribution in [3.05, 3.63) is 35.8 Å². The Balaban J connectivity index is 1.51. The monoisotopic (exact) mass is 286 g/mol. The Labute approximate surface area is 125 Å². The smallest absolute Gasteiger partial charge is 0.271 e. The highest BCUT2D eigenvalue weighted by Gasteiger charge is 2.12. The van der Waals surface area contributed by atoms with Gasteiger partial charge in [-0.15, -0.1) is 0 Å². The lowest BCUT2D eigenvalue weighted by atomic mass is 10.3. The van der Waals surface area contributed by atoms with E-state index in [1.807, 2.05) is 29.7 Å². The van der Waals surface area contributed by atoms with Crippen molar-refractivity contribution >= 4 is 11.6 Å². The van der Waals surface area contributed by atoms with Crippen molar-refractivity contribution in [1.29, 1.82) is 0 Å². The lowest BCUT2D eigenvalue weighted by molar-refractivity contribution is 0.0947. The number of rotatable bonds is 5. The fourth-order valence-electron chi connectivity index (χ4n) is 2.81. The van der Waals surface area contributed by atoms with Crippen molar-refractivity contribution < 1.29 is 4.79 Å². The van der Waals surface area contributed by atoms with Crippen LogP contribution in [0.15, 0.2) is 24.5 Å². The number of likely N-dealkylation sites (tertiary alicyclic amines) is 1. The van der Waals surface area contributed by atoms with Gasteiger partial charge in [0, 0.05) is 18.9 Å². The molecule has 1 aliphatic rings. The summed E-state index contributed by atoms with van der Waals surface area (Å²) in [6, 6.07) is 3.93. The molecule has 5 heteroatoms. The molecular formula is C16H22N4O. The second-order valence-electron chi connectivity index (χ2n) is 5.76.